The van der Waals surface area contributed by atoms with E-state index in [0.717, 1.165) is 6.42 Å². The van der Waals surface area contributed by atoms with E-state index in [4.69, 9.17) is 4.74 Å². The van der Waals surface area contributed by atoms with Gasteiger partial charge in [-0.25, -0.2) is 0 Å². The van der Waals surface area contributed by atoms with Gasteiger partial charge in [-0.05, 0) is 18.6 Å². The van der Waals surface area contributed by atoms with E-state index >= 15 is 0 Å². The summed E-state index contributed by atoms with van der Waals surface area (Å²) in [6, 6.07) is 3.19. The number of hydrogen-bond acceptors (Lipinski definition) is 3. The second-order valence-electron chi connectivity index (χ2n) is 3.44. The molecule has 0 saturated heterocycles. The summed E-state index contributed by atoms with van der Waals surface area (Å²) < 4.78 is 6.23. The van der Waals surface area contributed by atoms with Crippen LogP contribution in [-0.2, 0) is 11.8 Å². The number of aromatic nitrogens is 1. The van der Waals surface area contributed by atoms with Crippen molar-refractivity contribution in [2.75, 3.05) is 20.3 Å². The van der Waals surface area contributed by atoms with Gasteiger partial charge in [-0.1, -0.05) is 0 Å². The molecule has 1 heterocycles. The Morgan fingerprint density at radius 3 is 3.00 bits per heavy atom. The molecule has 0 aliphatic heterocycles. The Morgan fingerprint density at radius 2 is 2.31 bits per heavy atom. The van der Waals surface area contributed by atoms with Crippen LogP contribution in [-0.4, -0.2) is 30.7 Å². The number of methoxy groups -OCH3 is 1. The van der Waals surface area contributed by atoms with E-state index in [2.05, 4.69) is 5.32 Å². The lowest BCUT2D eigenvalue weighted by molar-refractivity contribution is 0.0946. The monoisotopic (exact) mass is 224 g/mol. The van der Waals surface area contributed by atoms with Gasteiger partial charge >= 0.3 is 0 Å². The van der Waals surface area contributed by atoms with Gasteiger partial charge in [0.05, 0.1) is 0 Å². The van der Waals surface area contributed by atoms with Gasteiger partial charge in [0.25, 0.3) is 11.5 Å². The molecule has 0 radical (unpaired) electrons. The molecule has 0 aliphatic carbocycles. The summed E-state index contributed by atoms with van der Waals surface area (Å²) in [5, 5.41) is 2.67. The SMILES string of the molecule is COCCCNC(=O)c1cccn(C)c1=O. The van der Waals surface area contributed by atoms with Gasteiger partial charge in [0.1, 0.15) is 5.56 Å². The first-order valence-corrected chi connectivity index (χ1v) is 5.09. The van der Waals surface area contributed by atoms with E-state index in [-0.39, 0.29) is 17.0 Å². The molecule has 5 heteroatoms. The van der Waals surface area contributed by atoms with Gasteiger partial charge < -0.3 is 14.6 Å². The molecule has 0 fully saturated rings. The van der Waals surface area contributed by atoms with Crippen molar-refractivity contribution in [2.45, 2.75) is 6.42 Å². The number of carbonyl (C=O) groups excluding carboxylic acids is 1. The molecular weight excluding hydrogens is 208 g/mol. The van der Waals surface area contributed by atoms with Crippen molar-refractivity contribution in [1.29, 1.82) is 0 Å². The quantitative estimate of drug-likeness (QED) is 0.724. The third-order valence-corrected chi connectivity index (χ3v) is 2.18. The maximum absolute atomic E-state index is 11.6. The zero-order valence-electron chi connectivity index (χ0n) is 9.53. The van der Waals surface area contributed by atoms with E-state index in [1.165, 1.54) is 10.6 Å². The van der Waals surface area contributed by atoms with Crippen LogP contribution in [0.2, 0.25) is 0 Å². The topological polar surface area (TPSA) is 60.3 Å². The summed E-state index contributed by atoms with van der Waals surface area (Å²) in [5.74, 6) is -0.336. The summed E-state index contributed by atoms with van der Waals surface area (Å²) >= 11 is 0. The molecule has 5 nitrogen and oxygen atoms in total. The summed E-state index contributed by atoms with van der Waals surface area (Å²) in [7, 11) is 3.22. The molecule has 1 rings (SSSR count). The minimum absolute atomic E-state index is 0.169. The molecule has 1 aromatic rings. The molecule has 0 spiro atoms. The van der Waals surface area contributed by atoms with Crippen LogP contribution in [0, 0.1) is 0 Å². The van der Waals surface area contributed by atoms with Gasteiger partial charge in [-0.3, -0.25) is 9.59 Å². The fraction of sp³-hybridized carbons (Fsp3) is 0.455. The van der Waals surface area contributed by atoms with E-state index in [0.29, 0.717) is 13.2 Å². The molecule has 16 heavy (non-hydrogen) atoms. The van der Waals surface area contributed by atoms with Crippen molar-refractivity contribution in [1.82, 2.24) is 9.88 Å². The number of rotatable bonds is 5. The molecule has 0 aliphatic rings. The Labute approximate surface area is 94.0 Å². The van der Waals surface area contributed by atoms with Gasteiger partial charge in [-0.2, -0.15) is 0 Å². The first-order chi connectivity index (χ1) is 7.66. The summed E-state index contributed by atoms with van der Waals surface area (Å²) in [6.45, 7) is 1.10. The van der Waals surface area contributed by atoms with E-state index in [1.807, 2.05) is 0 Å². The highest BCUT2D eigenvalue weighted by atomic mass is 16.5. The smallest absolute Gasteiger partial charge is 0.263 e. The molecule has 88 valence electrons. The fourth-order valence-corrected chi connectivity index (χ4v) is 1.28. The highest BCUT2D eigenvalue weighted by Crippen LogP contribution is 1.91. The number of hydrogen-bond donors (Lipinski definition) is 1. The summed E-state index contributed by atoms with van der Waals surface area (Å²) in [4.78, 5) is 23.2. The number of amides is 1. The molecule has 0 saturated carbocycles. The van der Waals surface area contributed by atoms with E-state index < -0.39 is 0 Å². The number of nitrogens with one attached hydrogen (secondary N) is 1. The third-order valence-electron chi connectivity index (χ3n) is 2.18. The number of pyridine rings is 1. The molecular formula is C11H16N2O3. The number of carbonyl (C=O) groups is 1. The maximum atomic E-state index is 11.6. The number of nitrogens with zero attached hydrogens (tertiary/aromatic N) is 1. The molecule has 0 bridgehead atoms. The third kappa shape index (κ3) is 3.20. The van der Waals surface area contributed by atoms with Crippen LogP contribution in [0.15, 0.2) is 23.1 Å². The Bertz CT molecular complexity index is 412. The minimum Gasteiger partial charge on any atom is -0.385 e. The zero-order valence-corrected chi connectivity index (χ0v) is 9.53. The van der Waals surface area contributed by atoms with Gasteiger partial charge in [0.15, 0.2) is 0 Å². The lowest BCUT2D eigenvalue weighted by Crippen LogP contribution is -2.32. The molecule has 1 N–H and O–H groups in total. The Hall–Kier alpha value is -1.62. The highest BCUT2D eigenvalue weighted by molar-refractivity contribution is 5.93. The molecule has 1 aromatic heterocycles. The van der Waals surface area contributed by atoms with Gasteiger partial charge in [0, 0.05) is 33.5 Å². The van der Waals surface area contributed by atoms with Crippen molar-refractivity contribution in [2.24, 2.45) is 7.05 Å². The average Bonchev–Trinajstić information content (AvgIpc) is 2.28. The predicted octanol–water partition coefficient (Wildman–Crippen LogP) is 0.152. The highest BCUT2D eigenvalue weighted by Gasteiger charge is 2.09. The van der Waals surface area contributed by atoms with Crippen molar-refractivity contribution < 1.29 is 9.53 Å². The van der Waals surface area contributed by atoms with Crippen molar-refractivity contribution in [3.63, 3.8) is 0 Å². The first-order valence-electron chi connectivity index (χ1n) is 5.09. The molecule has 0 aromatic carbocycles. The first kappa shape index (κ1) is 12.4. The molecule has 1 amide bonds. The van der Waals surface area contributed by atoms with Crippen LogP contribution in [0.4, 0.5) is 0 Å². The second-order valence-corrected chi connectivity index (χ2v) is 3.44. The Kier molecular flexibility index (Phi) is 4.72. The van der Waals surface area contributed by atoms with Crippen LogP contribution in [0.1, 0.15) is 16.8 Å². The Morgan fingerprint density at radius 1 is 1.56 bits per heavy atom. The largest absolute Gasteiger partial charge is 0.385 e. The van der Waals surface area contributed by atoms with Crippen LogP contribution in [0.5, 0.6) is 0 Å². The minimum atomic E-state index is -0.336. The number of ether oxygens (including phenoxy) is 1. The van der Waals surface area contributed by atoms with Crippen molar-refractivity contribution >= 4 is 5.91 Å². The van der Waals surface area contributed by atoms with Crippen molar-refractivity contribution in [3.05, 3.63) is 34.2 Å². The van der Waals surface area contributed by atoms with Crippen LogP contribution in [0.3, 0.4) is 0 Å². The average molecular weight is 224 g/mol. The number of aryl methyl sites for hydroxylation is 1. The van der Waals surface area contributed by atoms with Crippen LogP contribution in [0.25, 0.3) is 0 Å². The van der Waals surface area contributed by atoms with Crippen molar-refractivity contribution in [3.8, 4) is 0 Å². The summed E-state index contributed by atoms with van der Waals surface area (Å²) in [6.07, 6.45) is 2.35. The molecule has 0 atom stereocenters. The van der Waals surface area contributed by atoms with Gasteiger partial charge in [-0.15, -0.1) is 0 Å². The lowest BCUT2D eigenvalue weighted by Gasteiger charge is -2.05. The lowest BCUT2D eigenvalue weighted by atomic mass is 10.2. The summed E-state index contributed by atoms with van der Waals surface area (Å²) in [5.41, 5.74) is -0.117. The Balaban J connectivity index is 2.60. The van der Waals surface area contributed by atoms with E-state index in [9.17, 15) is 9.59 Å². The van der Waals surface area contributed by atoms with Crippen LogP contribution < -0.4 is 10.9 Å². The molecule has 0 unspecified atom stereocenters. The predicted molar refractivity (Wildman–Crippen MR) is 60.5 cm³/mol. The standard InChI is InChI=1S/C11H16N2O3/c1-13-7-3-5-9(11(13)15)10(14)12-6-4-8-16-2/h3,5,7H,4,6,8H2,1-2H3,(H,12,14). The van der Waals surface area contributed by atoms with E-state index in [1.54, 1.807) is 26.4 Å². The normalized spacial score (nSPS) is 10.1. The maximum Gasteiger partial charge on any atom is 0.263 e. The zero-order chi connectivity index (χ0) is 12.0. The van der Waals surface area contributed by atoms with Crippen LogP contribution >= 0.6 is 0 Å². The fourth-order valence-electron chi connectivity index (χ4n) is 1.28. The second kappa shape index (κ2) is 6.07. The van der Waals surface area contributed by atoms with Gasteiger partial charge in [0.2, 0.25) is 0 Å².